The van der Waals surface area contributed by atoms with E-state index in [4.69, 9.17) is 5.73 Å². The summed E-state index contributed by atoms with van der Waals surface area (Å²) in [7, 11) is 0. The van der Waals surface area contributed by atoms with Crippen molar-refractivity contribution >= 4 is 17.8 Å². The molecule has 0 aliphatic carbocycles. The molecule has 118 valence electrons. The van der Waals surface area contributed by atoms with Crippen molar-refractivity contribution in [2.75, 3.05) is 5.32 Å². The first-order chi connectivity index (χ1) is 10.5. The van der Waals surface area contributed by atoms with Gasteiger partial charge in [-0.15, -0.1) is 0 Å². The minimum absolute atomic E-state index is 0.435. The Morgan fingerprint density at radius 3 is 2.68 bits per heavy atom. The Kier molecular flexibility index (Phi) is 7.02. The van der Waals surface area contributed by atoms with Crippen LogP contribution in [0.2, 0.25) is 0 Å². The van der Waals surface area contributed by atoms with Crippen LogP contribution in [0.15, 0.2) is 40.8 Å². The third-order valence-corrected chi connectivity index (χ3v) is 3.18. The molecule has 0 bridgehead atoms. The lowest BCUT2D eigenvalue weighted by atomic mass is 10.1. The van der Waals surface area contributed by atoms with Crippen LogP contribution in [0, 0.1) is 6.92 Å². The van der Waals surface area contributed by atoms with Crippen LogP contribution in [0.5, 0.6) is 0 Å². The molecule has 0 unspecified atom stereocenters. The number of hydrogen-bond donors (Lipinski definition) is 2. The highest BCUT2D eigenvalue weighted by Gasteiger charge is 2.12. The Labute approximate surface area is 132 Å². The molecular formula is C17H24N4O. The van der Waals surface area contributed by atoms with Crippen LogP contribution >= 0.6 is 0 Å². The van der Waals surface area contributed by atoms with Gasteiger partial charge < -0.3 is 11.1 Å². The molecule has 0 saturated heterocycles. The van der Waals surface area contributed by atoms with Crippen molar-refractivity contribution in [3.8, 4) is 0 Å². The van der Waals surface area contributed by atoms with Crippen molar-refractivity contribution in [1.82, 2.24) is 4.98 Å². The number of hydrogen-bond acceptors (Lipinski definition) is 4. The number of amides is 1. The van der Waals surface area contributed by atoms with Crippen LogP contribution in [0.3, 0.4) is 0 Å². The van der Waals surface area contributed by atoms with E-state index < -0.39 is 5.91 Å². The highest BCUT2D eigenvalue weighted by atomic mass is 16.1. The smallest absolute Gasteiger partial charge is 0.248 e. The second kappa shape index (κ2) is 8.77. The second-order valence-corrected chi connectivity index (χ2v) is 4.82. The van der Waals surface area contributed by atoms with Crippen LogP contribution in [0.4, 0.5) is 5.69 Å². The van der Waals surface area contributed by atoms with E-state index in [-0.39, 0.29) is 0 Å². The molecule has 1 amide bonds. The predicted octanol–water partition coefficient (Wildman–Crippen LogP) is 3.12. The summed E-state index contributed by atoms with van der Waals surface area (Å²) >= 11 is 0. The first-order valence-electron chi connectivity index (χ1n) is 7.38. The zero-order valence-corrected chi connectivity index (χ0v) is 13.7. The normalized spacial score (nSPS) is 12.7. The topological polar surface area (TPSA) is 80.4 Å². The molecule has 0 aliphatic rings. The van der Waals surface area contributed by atoms with Crippen LogP contribution in [0.25, 0.3) is 0 Å². The summed E-state index contributed by atoms with van der Waals surface area (Å²) in [5, 5.41) is 3.15. The molecule has 1 rings (SSSR count). The van der Waals surface area contributed by atoms with Crippen LogP contribution < -0.4 is 11.1 Å². The lowest BCUT2D eigenvalue weighted by molar-refractivity contribution is -0.114. The molecule has 1 heterocycles. The molecule has 0 radical (unpaired) electrons. The quantitative estimate of drug-likeness (QED) is 0.461. The molecule has 0 aromatic carbocycles. The summed E-state index contributed by atoms with van der Waals surface area (Å²) < 4.78 is 0. The van der Waals surface area contributed by atoms with Gasteiger partial charge in [-0.25, -0.2) is 4.99 Å². The maximum Gasteiger partial charge on any atom is 0.248 e. The Morgan fingerprint density at radius 1 is 1.45 bits per heavy atom. The largest absolute Gasteiger partial charge is 0.366 e. The Hall–Kier alpha value is -2.43. The molecule has 1 aromatic heterocycles. The van der Waals surface area contributed by atoms with Crippen LogP contribution in [-0.2, 0) is 11.2 Å². The summed E-state index contributed by atoms with van der Waals surface area (Å²) in [6.45, 7) is 7.76. The zero-order chi connectivity index (χ0) is 16.5. The molecule has 1 aromatic rings. The van der Waals surface area contributed by atoms with Gasteiger partial charge in [-0.2, -0.15) is 0 Å². The van der Waals surface area contributed by atoms with Crippen molar-refractivity contribution in [2.24, 2.45) is 10.7 Å². The highest BCUT2D eigenvalue weighted by Crippen LogP contribution is 2.18. The van der Waals surface area contributed by atoms with E-state index in [1.807, 2.05) is 32.1 Å². The van der Waals surface area contributed by atoms with Gasteiger partial charge in [0, 0.05) is 11.9 Å². The van der Waals surface area contributed by atoms with Crippen LogP contribution in [0.1, 0.15) is 38.4 Å². The molecule has 0 saturated carbocycles. The maximum atomic E-state index is 11.7. The number of nitrogens with one attached hydrogen (secondary N) is 1. The molecular weight excluding hydrogens is 276 g/mol. The number of aryl methyl sites for hydroxylation is 2. The number of primary amides is 1. The fraction of sp³-hybridized carbons (Fsp3) is 0.353. The summed E-state index contributed by atoms with van der Waals surface area (Å²) in [4.78, 5) is 20.3. The monoisotopic (exact) mass is 300 g/mol. The first kappa shape index (κ1) is 17.6. The van der Waals surface area contributed by atoms with E-state index in [1.165, 1.54) is 0 Å². The van der Waals surface area contributed by atoms with E-state index in [9.17, 15) is 4.79 Å². The number of allylic oxidation sites excluding steroid dienone is 2. The van der Waals surface area contributed by atoms with Crippen molar-refractivity contribution in [1.29, 1.82) is 0 Å². The van der Waals surface area contributed by atoms with Crippen LogP contribution in [-0.4, -0.2) is 17.1 Å². The van der Waals surface area contributed by atoms with Gasteiger partial charge in [-0.1, -0.05) is 19.1 Å². The number of nitrogens with two attached hydrogens (primary N) is 1. The van der Waals surface area contributed by atoms with Gasteiger partial charge in [0.25, 0.3) is 0 Å². The third-order valence-electron chi connectivity index (χ3n) is 3.18. The van der Waals surface area contributed by atoms with Gasteiger partial charge in [-0.3, -0.25) is 9.78 Å². The highest BCUT2D eigenvalue weighted by molar-refractivity contribution is 5.93. The van der Waals surface area contributed by atoms with Gasteiger partial charge in [0.05, 0.1) is 17.5 Å². The first-order valence-corrected chi connectivity index (χ1v) is 7.38. The average Bonchev–Trinajstić information content (AvgIpc) is 2.47. The minimum Gasteiger partial charge on any atom is -0.366 e. The molecule has 0 fully saturated rings. The number of carbonyl (C=O) groups is 1. The Morgan fingerprint density at radius 2 is 2.18 bits per heavy atom. The van der Waals surface area contributed by atoms with Crippen molar-refractivity contribution in [3.05, 3.63) is 47.1 Å². The number of aliphatic imine (C=N–C) groups is 1. The van der Waals surface area contributed by atoms with Gasteiger partial charge in [0.1, 0.15) is 5.82 Å². The predicted molar refractivity (Wildman–Crippen MR) is 91.8 cm³/mol. The second-order valence-electron chi connectivity index (χ2n) is 4.82. The Balaban J connectivity index is 3.19. The fourth-order valence-electron chi connectivity index (χ4n) is 2.04. The van der Waals surface area contributed by atoms with E-state index >= 15 is 0 Å². The molecule has 5 nitrogen and oxygen atoms in total. The SMILES string of the molecule is C/C=C/C/C(C(N)=O)=C(\N=C\C)Nc1cnc(CC)c(C)c1. The van der Waals surface area contributed by atoms with E-state index in [0.29, 0.717) is 17.8 Å². The molecule has 0 atom stereocenters. The molecule has 0 aliphatic heterocycles. The van der Waals surface area contributed by atoms with Gasteiger partial charge in [-0.05, 0) is 45.2 Å². The minimum atomic E-state index is -0.485. The number of rotatable bonds is 7. The number of aromatic nitrogens is 1. The van der Waals surface area contributed by atoms with E-state index in [0.717, 1.165) is 23.4 Å². The summed E-state index contributed by atoms with van der Waals surface area (Å²) in [5.74, 6) is -0.0281. The van der Waals surface area contributed by atoms with Crippen molar-refractivity contribution < 1.29 is 4.79 Å². The number of anilines is 1. The maximum absolute atomic E-state index is 11.7. The number of pyridine rings is 1. The van der Waals surface area contributed by atoms with E-state index in [2.05, 4.69) is 22.2 Å². The lowest BCUT2D eigenvalue weighted by Gasteiger charge is -2.12. The summed E-state index contributed by atoms with van der Waals surface area (Å²) in [6, 6.07) is 1.99. The molecule has 0 spiro atoms. The van der Waals surface area contributed by atoms with Gasteiger partial charge in [0.15, 0.2) is 0 Å². The van der Waals surface area contributed by atoms with E-state index in [1.54, 1.807) is 19.3 Å². The number of carbonyl (C=O) groups excluding carboxylic acids is 1. The van der Waals surface area contributed by atoms with Crippen molar-refractivity contribution in [2.45, 2.75) is 40.5 Å². The van der Waals surface area contributed by atoms with Gasteiger partial charge >= 0.3 is 0 Å². The molecule has 5 heteroatoms. The van der Waals surface area contributed by atoms with Crippen molar-refractivity contribution in [3.63, 3.8) is 0 Å². The fourth-order valence-corrected chi connectivity index (χ4v) is 2.04. The summed E-state index contributed by atoms with van der Waals surface area (Å²) in [5.41, 5.74) is 8.86. The average molecular weight is 300 g/mol. The lowest BCUT2D eigenvalue weighted by Crippen LogP contribution is -2.18. The zero-order valence-electron chi connectivity index (χ0n) is 13.7. The number of nitrogens with zero attached hydrogens (tertiary/aromatic N) is 2. The molecule has 3 N–H and O–H groups in total. The Bertz CT molecular complexity index is 615. The third kappa shape index (κ3) is 4.84. The standard InChI is InChI=1S/C17H24N4O/c1-5-8-9-14(16(18)22)17(19-7-3)21-13-10-12(4)15(6-2)20-11-13/h5,7-8,10-11,21H,6,9H2,1-4H3,(H2,18,22)/b8-5+,17-14-,19-7+. The molecule has 22 heavy (non-hydrogen) atoms. The summed E-state index contributed by atoms with van der Waals surface area (Å²) in [6.07, 6.45) is 8.43. The van der Waals surface area contributed by atoms with Gasteiger partial charge in [0.2, 0.25) is 5.91 Å².